The Bertz CT molecular complexity index is 782. The maximum atomic E-state index is 12.4. The summed E-state index contributed by atoms with van der Waals surface area (Å²) in [5.74, 6) is -1.45. The zero-order chi connectivity index (χ0) is 23.7. The molecule has 1 N–H and O–H groups in total. The molecule has 1 atom stereocenters. The number of hydrogen-bond acceptors (Lipinski definition) is 7. The van der Waals surface area contributed by atoms with Crippen molar-refractivity contribution in [3.63, 3.8) is 0 Å². The Morgan fingerprint density at radius 1 is 0.875 bits per heavy atom. The van der Waals surface area contributed by atoms with Crippen molar-refractivity contribution in [2.24, 2.45) is 0 Å². The summed E-state index contributed by atoms with van der Waals surface area (Å²) >= 11 is 0. The van der Waals surface area contributed by atoms with Gasteiger partial charge in [0, 0.05) is 44.2 Å². The van der Waals surface area contributed by atoms with E-state index >= 15 is 0 Å². The molecule has 0 radical (unpaired) electrons. The molecule has 0 aromatic rings. The molecule has 2 rings (SSSR count). The maximum Gasteiger partial charge on any atom is 0.306 e. The SMILES string of the molecule is CC(C)(OC(=O)CCCCCN1C(=O)C=CC1=O)C(=O)CCCCCN1C(=O)C=CC1O. The van der Waals surface area contributed by atoms with E-state index in [1.54, 1.807) is 13.8 Å². The van der Waals surface area contributed by atoms with Crippen LogP contribution in [-0.4, -0.2) is 69.3 Å². The van der Waals surface area contributed by atoms with Crippen LogP contribution in [0.15, 0.2) is 24.3 Å². The number of esters is 1. The second-order valence-corrected chi connectivity index (χ2v) is 8.49. The first kappa shape index (κ1) is 25.5. The molecule has 0 aliphatic carbocycles. The summed E-state index contributed by atoms with van der Waals surface area (Å²) < 4.78 is 5.37. The number of Topliss-reactive ketones (excluding diaryl/α,β-unsaturated/α-hetero) is 1. The van der Waals surface area contributed by atoms with E-state index in [-0.39, 0.29) is 36.3 Å². The molecule has 9 nitrogen and oxygen atoms in total. The number of imide groups is 1. The van der Waals surface area contributed by atoms with Gasteiger partial charge in [-0.3, -0.25) is 28.9 Å². The third-order valence-corrected chi connectivity index (χ3v) is 5.52. The van der Waals surface area contributed by atoms with Crippen molar-refractivity contribution in [2.45, 2.75) is 77.0 Å². The number of rotatable bonds is 14. The number of ketones is 1. The zero-order valence-electron chi connectivity index (χ0n) is 18.7. The Morgan fingerprint density at radius 2 is 1.47 bits per heavy atom. The maximum absolute atomic E-state index is 12.4. The number of hydrogen-bond donors (Lipinski definition) is 1. The average Bonchev–Trinajstić information content (AvgIpc) is 3.22. The molecule has 1 unspecified atom stereocenters. The van der Waals surface area contributed by atoms with Crippen LogP contribution in [0, 0.1) is 0 Å². The van der Waals surface area contributed by atoms with Gasteiger partial charge >= 0.3 is 5.97 Å². The lowest BCUT2D eigenvalue weighted by Gasteiger charge is -2.24. The van der Waals surface area contributed by atoms with Gasteiger partial charge in [0.15, 0.2) is 11.4 Å². The molecule has 2 heterocycles. The van der Waals surface area contributed by atoms with Gasteiger partial charge < -0.3 is 14.7 Å². The summed E-state index contributed by atoms with van der Waals surface area (Å²) in [6.45, 7) is 3.91. The van der Waals surface area contributed by atoms with E-state index in [1.807, 2.05) is 0 Å². The van der Waals surface area contributed by atoms with Crippen LogP contribution in [0.1, 0.15) is 65.2 Å². The lowest BCUT2D eigenvalue weighted by molar-refractivity contribution is -0.164. The fourth-order valence-corrected chi connectivity index (χ4v) is 3.55. The molecule has 0 fully saturated rings. The standard InChI is InChI=1S/C23H32N2O7/c1-23(2,17(26)9-5-3-7-15-24-18(27)11-12-19(24)28)32-22(31)10-6-4-8-16-25-20(29)13-14-21(25)30/h11-14,18,27H,3-10,15-16H2,1-2H3. The van der Waals surface area contributed by atoms with Gasteiger partial charge in [0.2, 0.25) is 5.91 Å². The van der Waals surface area contributed by atoms with Gasteiger partial charge in [-0.15, -0.1) is 0 Å². The predicted octanol–water partition coefficient (Wildman–Crippen LogP) is 1.64. The smallest absolute Gasteiger partial charge is 0.306 e. The fraction of sp³-hybridized carbons (Fsp3) is 0.609. The highest BCUT2D eigenvalue weighted by Gasteiger charge is 2.31. The van der Waals surface area contributed by atoms with Crippen molar-refractivity contribution in [1.29, 1.82) is 0 Å². The van der Waals surface area contributed by atoms with Gasteiger partial charge in [0.1, 0.15) is 6.23 Å². The topological polar surface area (TPSA) is 121 Å². The first-order valence-electron chi connectivity index (χ1n) is 11.1. The van der Waals surface area contributed by atoms with Gasteiger partial charge in [-0.25, -0.2) is 0 Å². The Kier molecular flexibility index (Phi) is 9.31. The molecule has 2 aliphatic rings. The summed E-state index contributed by atoms with van der Waals surface area (Å²) in [5, 5.41) is 9.64. The van der Waals surface area contributed by atoms with Crippen LogP contribution < -0.4 is 0 Å². The molecular weight excluding hydrogens is 416 g/mol. The number of carbonyl (C=O) groups is 5. The molecule has 0 saturated carbocycles. The van der Waals surface area contributed by atoms with Crippen LogP contribution in [0.2, 0.25) is 0 Å². The van der Waals surface area contributed by atoms with Crippen molar-refractivity contribution < 1.29 is 33.8 Å². The highest BCUT2D eigenvalue weighted by Crippen LogP contribution is 2.18. The number of aliphatic hydroxyl groups excluding tert-OH is 1. The Balaban J connectivity index is 1.56. The highest BCUT2D eigenvalue weighted by molar-refractivity contribution is 6.12. The Morgan fingerprint density at radius 3 is 2.06 bits per heavy atom. The van der Waals surface area contributed by atoms with Crippen LogP contribution in [0.25, 0.3) is 0 Å². The average molecular weight is 449 g/mol. The second-order valence-electron chi connectivity index (χ2n) is 8.49. The Hall–Kier alpha value is -2.81. The van der Waals surface area contributed by atoms with Gasteiger partial charge in [-0.1, -0.05) is 12.8 Å². The predicted molar refractivity (Wildman–Crippen MR) is 115 cm³/mol. The highest BCUT2D eigenvalue weighted by atomic mass is 16.6. The van der Waals surface area contributed by atoms with Crippen molar-refractivity contribution in [1.82, 2.24) is 9.80 Å². The third kappa shape index (κ3) is 7.40. The summed E-state index contributed by atoms with van der Waals surface area (Å²) in [5.41, 5.74) is -1.21. The van der Waals surface area contributed by atoms with Crippen LogP contribution >= 0.6 is 0 Å². The molecule has 176 valence electrons. The molecule has 0 aromatic heterocycles. The quantitative estimate of drug-likeness (QED) is 0.244. The number of nitrogens with zero attached hydrogens (tertiary/aromatic N) is 2. The molecular formula is C23H32N2O7. The van der Waals surface area contributed by atoms with Gasteiger partial charge in [0.05, 0.1) is 0 Å². The third-order valence-electron chi connectivity index (χ3n) is 5.52. The fourth-order valence-electron chi connectivity index (χ4n) is 3.55. The van der Waals surface area contributed by atoms with E-state index in [0.29, 0.717) is 51.6 Å². The van der Waals surface area contributed by atoms with Crippen LogP contribution in [-0.2, 0) is 28.7 Å². The van der Waals surface area contributed by atoms with Crippen LogP contribution in [0.5, 0.6) is 0 Å². The van der Waals surface area contributed by atoms with E-state index in [1.165, 1.54) is 34.1 Å². The molecule has 32 heavy (non-hydrogen) atoms. The van der Waals surface area contributed by atoms with Crippen molar-refractivity contribution in [3.05, 3.63) is 24.3 Å². The first-order chi connectivity index (χ1) is 15.1. The minimum absolute atomic E-state index is 0.164. The molecule has 0 bridgehead atoms. The van der Waals surface area contributed by atoms with Crippen molar-refractivity contribution >= 4 is 29.5 Å². The van der Waals surface area contributed by atoms with E-state index < -0.39 is 17.8 Å². The minimum Gasteiger partial charge on any atom is -0.452 e. The molecule has 3 amide bonds. The minimum atomic E-state index is -1.21. The summed E-state index contributed by atoms with van der Waals surface area (Å²) in [6, 6.07) is 0. The van der Waals surface area contributed by atoms with Gasteiger partial charge in [0.25, 0.3) is 11.8 Å². The van der Waals surface area contributed by atoms with Gasteiger partial charge in [-0.05, 0) is 45.6 Å². The zero-order valence-corrected chi connectivity index (χ0v) is 18.7. The van der Waals surface area contributed by atoms with E-state index in [9.17, 15) is 29.1 Å². The molecule has 2 aliphatic heterocycles. The number of ether oxygens (including phenoxy) is 1. The van der Waals surface area contributed by atoms with Gasteiger partial charge in [-0.2, -0.15) is 0 Å². The lowest BCUT2D eigenvalue weighted by atomic mass is 9.98. The van der Waals surface area contributed by atoms with E-state index in [0.717, 1.165) is 0 Å². The molecule has 0 saturated heterocycles. The summed E-state index contributed by atoms with van der Waals surface area (Å²) in [6.07, 6.45) is 8.62. The van der Waals surface area contributed by atoms with Crippen LogP contribution in [0.4, 0.5) is 0 Å². The number of unbranched alkanes of at least 4 members (excludes halogenated alkanes) is 4. The van der Waals surface area contributed by atoms with E-state index in [2.05, 4.69) is 0 Å². The molecule has 9 heteroatoms. The lowest BCUT2D eigenvalue weighted by Crippen LogP contribution is -2.37. The Labute approximate surface area is 188 Å². The summed E-state index contributed by atoms with van der Waals surface area (Å²) in [7, 11) is 0. The summed E-state index contributed by atoms with van der Waals surface area (Å²) in [4.78, 5) is 61.5. The normalized spacial score (nSPS) is 18.2. The van der Waals surface area contributed by atoms with Crippen LogP contribution in [0.3, 0.4) is 0 Å². The monoisotopic (exact) mass is 448 g/mol. The number of aliphatic hydroxyl groups is 1. The first-order valence-corrected chi connectivity index (χ1v) is 11.1. The number of carbonyl (C=O) groups excluding carboxylic acids is 5. The molecule has 0 spiro atoms. The molecule has 0 aromatic carbocycles. The van der Waals surface area contributed by atoms with E-state index in [4.69, 9.17) is 4.74 Å². The van der Waals surface area contributed by atoms with Crippen molar-refractivity contribution in [2.75, 3.05) is 13.1 Å². The van der Waals surface area contributed by atoms with Crippen molar-refractivity contribution in [3.8, 4) is 0 Å². The largest absolute Gasteiger partial charge is 0.452 e. The number of amides is 3. The second kappa shape index (κ2) is 11.7.